The number of rotatable bonds is 10. The summed E-state index contributed by atoms with van der Waals surface area (Å²) in [4.78, 5) is 4.65. The van der Waals surface area contributed by atoms with Crippen LogP contribution in [0.25, 0.3) is 0 Å². The van der Waals surface area contributed by atoms with Crippen LogP contribution < -0.4 is 20.1 Å². The third-order valence-corrected chi connectivity index (χ3v) is 4.31. The Morgan fingerprint density at radius 2 is 1.93 bits per heavy atom. The number of H-pyrrole nitrogens is 1. The molecule has 0 aliphatic carbocycles. The van der Waals surface area contributed by atoms with Gasteiger partial charge in [-0.1, -0.05) is 6.07 Å². The van der Waals surface area contributed by atoms with E-state index in [2.05, 4.69) is 38.8 Å². The van der Waals surface area contributed by atoms with Gasteiger partial charge in [0.15, 0.2) is 17.5 Å². The van der Waals surface area contributed by atoms with E-state index < -0.39 is 0 Å². The molecule has 0 fully saturated rings. The van der Waals surface area contributed by atoms with E-state index in [1.54, 1.807) is 14.2 Å². The van der Waals surface area contributed by atoms with Crippen LogP contribution in [0, 0.1) is 6.92 Å². The fourth-order valence-electron chi connectivity index (χ4n) is 2.79. The van der Waals surface area contributed by atoms with Crippen LogP contribution in [0.2, 0.25) is 0 Å². The highest BCUT2D eigenvalue weighted by Crippen LogP contribution is 2.27. The van der Waals surface area contributed by atoms with E-state index in [0.29, 0.717) is 0 Å². The van der Waals surface area contributed by atoms with Crippen LogP contribution >= 0.6 is 24.0 Å². The van der Waals surface area contributed by atoms with Crippen LogP contribution in [0.5, 0.6) is 11.5 Å². The topological polar surface area (TPSA) is 83.6 Å². The van der Waals surface area contributed by atoms with Crippen LogP contribution in [-0.4, -0.2) is 50.0 Å². The molecule has 0 aliphatic heterocycles. The molecule has 3 N–H and O–H groups in total. The van der Waals surface area contributed by atoms with E-state index in [1.807, 2.05) is 25.3 Å². The number of aliphatic imine (C=N–C) groups is 1. The van der Waals surface area contributed by atoms with Gasteiger partial charge in [-0.2, -0.15) is 5.10 Å². The van der Waals surface area contributed by atoms with Crippen molar-refractivity contribution in [2.24, 2.45) is 4.99 Å². The van der Waals surface area contributed by atoms with Crippen molar-refractivity contribution in [3.8, 4) is 11.5 Å². The molecule has 0 saturated heterocycles. The molecule has 28 heavy (non-hydrogen) atoms. The number of hydrogen-bond donors (Lipinski definition) is 3. The molecule has 0 radical (unpaired) electrons. The lowest BCUT2D eigenvalue weighted by Crippen LogP contribution is -2.38. The summed E-state index contributed by atoms with van der Waals surface area (Å²) in [6, 6.07) is 6.00. The predicted molar refractivity (Wildman–Crippen MR) is 124 cm³/mol. The monoisotopic (exact) mass is 501 g/mol. The van der Waals surface area contributed by atoms with E-state index in [4.69, 9.17) is 9.47 Å². The summed E-state index contributed by atoms with van der Waals surface area (Å²) < 4.78 is 10.6. The standard InChI is InChI=1S/C20H31N5O2.HI/c1-5-21-20(22-11-6-7-17-14-24-25-15(17)2)23-12-10-16-8-9-18(26-3)19(13-16)27-4;/h8-9,13-14H,5-7,10-12H2,1-4H3,(H,24,25)(H2,21,22,23);1H. The number of nitrogens with zero attached hydrogens (tertiary/aromatic N) is 2. The second-order valence-electron chi connectivity index (χ2n) is 6.25. The number of halogens is 1. The Hall–Kier alpha value is -1.97. The Labute approximate surface area is 184 Å². The van der Waals surface area contributed by atoms with Gasteiger partial charge in [-0.25, -0.2) is 0 Å². The first-order valence-electron chi connectivity index (χ1n) is 9.39. The van der Waals surface area contributed by atoms with Crippen molar-refractivity contribution in [1.82, 2.24) is 20.8 Å². The normalized spacial score (nSPS) is 10.9. The number of guanidine groups is 1. The maximum atomic E-state index is 5.36. The van der Waals surface area contributed by atoms with Crippen molar-refractivity contribution < 1.29 is 9.47 Å². The third kappa shape index (κ3) is 7.57. The molecular formula is C20H32IN5O2. The Morgan fingerprint density at radius 1 is 1.14 bits per heavy atom. The summed E-state index contributed by atoms with van der Waals surface area (Å²) >= 11 is 0. The molecule has 156 valence electrons. The number of nitrogens with one attached hydrogen (secondary N) is 3. The third-order valence-electron chi connectivity index (χ3n) is 4.31. The fourth-order valence-corrected chi connectivity index (χ4v) is 2.79. The Kier molecular flexibility index (Phi) is 11.4. The zero-order valence-electron chi connectivity index (χ0n) is 17.2. The number of aryl methyl sites for hydroxylation is 2. The number of hydrogen-bond acceptors (Lipinski definition) is 4. The van der Waals surface area contributed by atoms with E-state index in [9.17, 15) is 0 Å². The molecule has 8 heteroatoms. The van der Waals surface area contributed by atoms with E-state index >= 15 is 0 Å². The maximum absolute atomic E-state index is 5.36. The van der Waals surface area contributed by atoms with Gasteiger partial charge in [-0.15, -0.1) is 24.0 Å². The van der Waals surface area contributed by atoms with E-state index in [1.165, 1.54) is 11.1 Å². The zero-order valence-corrected chi connectivity index (χ0v) is 19.5. The van der Waals surface area contributed by atoms with Crippen molar-refractivity contribution in [3.05, 3.63) is 41.2 Å². The van der Waals surface area contributed by atoms with Gasteiger partial charge in [0.2, 0.25) is 0 Å². The first-order chi connectivity index (χ1) is 13.2. The highest BCUT2D eigenvalue weighted by molar-refractivity contribution is 14.0. The Balaban J connectivity index is 0.00000392. The van der Waals surface area contributed by atoms with Gasteiger partial charge < -0.3 is 20.1 Å². The lowest BCUT2D eigenvalue weighted by atomic mass is 10.1. The molecule has 0 atom stereocenters. The number of aromatic nitrogens is 2. The quantitative estimate of drug-likeness (QED) is 0.202. The first-order valence-corrected chi connectivity index (χ1v) is 9.39. The summed E-state index contributed by atoms with van der Waals surface area (Å²) in [5, 5.41) is 13.7. The van der Waals surface area contributed by atoms with Gasteiger partial charge >= 0.3 is 0 Å². The maximum Gasteiger partial charge on any atom is 0.191 e. The van der Waals surface area contributed by atoms with Gasteiger partial charge in [0.1, 0.15) is 0 Å². The summed E-state index contributed by atoms with van der Waals surface area (Å²) in [5.74, 6) is 2.35. The smallest absolute Gasteiger partial charge is 0.191 e. The van der Waals surface area contributed by atoms with Crippen LogP contribution in [0.3, 0.4) is 0 Å². The molecule has 7 nitrogen and oxygen atoms in total. The zero-order chi connectivity index (χ0) is 19.5. The Morgan fingerprint density at radius 3 is 2.57 bits per heavy atom. The number of methoxy groups -OCH3 is 2. The molecule has 2 rings (SSSR count). The van der Waals surface area contributed by atoms with Gasteiger partial charge in [-0.3, -0.25) is 10.1 Å². The second-order valence-corrected chi connectivity index (χ2v) is 6.25. The van der Waals surface area contributed by atoms with Crippen LogP contribution in [0.15, 0.2) is 29.4 Å². The lowest BCUT2D eigenvalue weighted by molar-refractivity contribution is 0.354. The fraction of sp³-hybridized carbons (Fsp3) is 0.500. The van der Waals surface area contributed by atoms with Gasteiger partial charge in [-0.05, 0) is 56.4 Å². The first kappa shape index (κ1) is 24.1. The SMILES string of the molecule is CCNC(=NCCCc1cn[nH]c1C)NCCc1ccc(OC)c(OC)c1.I. The summed E-state index contributed by atoms with van der Waals surface area (Å²) in [5.41, 5.74) is 3.59. The number of benzene rings is 1. The molecule has 0 unspecified atom stereocenters. The van der Waals surface area contributed by atoms with Crippen LogP contribution in [0.4, 0.5) is 0 Å². The molecule has 1 aromatic heterocycles. The van der Waals surface area contributed by atoms with Crippen molar-refractivity contribution in [2.75, 3.05) is 33.9 Å². The largest absolute Gasteiger partial charge is 0.493 e. The average Bonchev–Trinajstić information content (AvgIpc) is 3.09. The molecule has 1 heterocycles. The summed E-state index contributed by atoms with van der Waals surface area (Å²) in [7, 11) is 3.30. The molecule has 0 spiro atoms. The van der Waals surface area contributed by atoms with Gasteiger partial charge in [0, 0.05) is 25.3 Å². The summed E-state index contributed by atoms with van der Waals surface area (Å²) in [6.45, 7) is 6.52. The van der Waals surface area contributed by atoms with E-state index in [-0.39, 0.29) is 24.0 Å². The van der Waals surface area contributed by atoms with Crippen molar-refractivity contribution in [2.45, 2.75) is 33.1 Å². The van der Waals surface area contributed by atoms with Crippen LogP contribution in [0.1, 0.15) is 30.2 Å². The van der Waals surface area contributed by atoms with Crippen molar-refractivity contribution in [1.29, 1.82) is 0 Å². The van der Waals surface area contributed by atoms with E-state index in [0.717, 1.165) is 62.0 Å². The van der Waals surface area contributed by atoms with Crippen molar-refractivity contribution >= 4 is 29.9 Å². The van der Waals surface area contributed by atoms with Crippen molar-refractivity contribution in [3.63, 3.8) is 0 Å². The highest BCUT2D eigenvalue weighted by Gasteiger charge is 2.05. The molecular weight excluding hydrogens is 469 g/mol. The Bertz CT molecular complexity index is 733. The average molecular weight is 501 g/mol. The predicted octanol–water partition coefficient (Wildman–Crippen LogP) is 3.08. The lowest BCUT2D eigenvalue weighted by Gasteiger charge is -2.12. The minimum atomic E-state index is 0. The molecule has 0 amide bonds. The van der Waals surface area contributed by atoms with Gasteiger partial charge in [0.05, 0.1) is 20.4 Å². The second kappa shape index (κ2) is 13.2. The molecule has 1 aromatic carbocycles. The molecule has 0 aliphatic rings. The summed E-state index contributed by atoms with van der Waals surface area (Å²) in [6.07, 6.45) is 4.74. The molecule has 0 saturated carbocycles. The minimum absolute atomic E-state index is 0. The number of ether oxygens (including phenoxy) is 2. The molecule has 0 bridgehead atoms. The number of aromatic amines is 1. The van der Waals surface area contributed by atoms with Crippen LogP contribution in [-0.2, 0) is 12.8 Å². The van der Waals surface area contributed by atoms with Gasteiger partial charge in [0.25, 0.3) is 0 Å². The minimum Gasteiger partial charge on any atom is -0.493 e. The highest BCUT2D eigenvalue weighted by atomic mass is 127. The molecule has 2 aromatic rings.